The van der Waals surface area contributed by atoms with Crippen molar-refractivity contribution in [2.24, 2.45) is 5.41 Å². The Balaban J connectivity index is 1.80. The Hall–Kier alpha value is -3.51. The first-order valence-corrected chi connectivity index (χ1v) is 11.7. The lowest BCUT2D eigenvalue weighted by Gasteiger charge is -2.21. The van der Waals surface area contributed by atoms with Gasteiger partial charge in [0.05, 0.1) is 10.6 Å². The van der Waals surface area contributed by atoms with Crippen LogP contribution in [-0.4, -0.2) is 20.0 Å². The van der Waals surface area contributed by atoms with Crippen molar-refractivity contribution in [3.05, 3.63) is 108 Å². The predicted molar refractivity (Wildman–Crippen MR) is 124 cm³/mol. The highest BCUT2D eigenvalue weighted by Crippen LogP contribution is 2.55. The monoisotopic (exact) mass is 445 g/mol. The van der Waals surface area contributed by atoms with Crippen molar-refractivity contribution >= 4 is 27.3 Å². The fourth-order valence-corrected chi connectivity index (χ4v) is 5.17. The lowest BCUT2D eigenvalue weighted by molar-refractivity contribution is -0.119. The topological polar surface area (TPSA) is 71.5 Å². The summed E-state index contributed by atoms with van der Waals surface area (Å²) in [6.45, 7) is 3.26. The van der Waals surface area contributed by atoms with Crippen LogP contribution in [0.1, 0.15) is 29.3 Å². The maximum absolute atomic E-state index is 13.5. The molecular weight excluding hydrogens is 422 g/mol. The molecule has 0 bridgehead atoms. The van der Waals surface area contributed by atoms with Gasteiger partial charge in [0.2, 0.25) is 0 Å². The molecule has 3 aromatic rings. The fourth-order valence-electron chi connectivity index (χ4n) is 3.79. The zero-order valence-corrected chi connectivity index (χ0v) is 18.7. The molecule has 6 heteroatoms. The van der Waals surface area contributed by atoms with Crippen molar-refractivity contribution in [2.75, 3.05) is 4.31 Å². The molecule has 4 rings (SSSR count). The van der Waals surface area contributed by atoms with Crippen molar-refractivity contribution in [1.82, 2.24) is 0 Å². The summed E-state index contributed by atoms with van der Waals surface area (Å²) < 4.78 is 28.2. The number of carbonyl (C=O) groups excluding carboxylic acids is 2. The van der Waals surface area contributed by atoms with Gasteiger partial charge in [0, 0.05) is 11.8 Å². The van der Waals surface area contributed by atoms with E-state index in [1.165, 1.54) is 13.1 Å². The first-order valence-electron chi connectivity index (χ1n) is 10.2. The maximum Gasteiger partial charge on any atom is 0.268 e. The zero-order chi connectivity index (χ0) is 22.9. The van der Waals surface area contributed by atoms with E-state index in [2.05, 4.69) is 0 Å². The van der Waals surface area contributed by atoms with Crippen molar-refractivity contribution < 1.29 is 18.0 Å². The molecule has 0 saturated heterocycles. The van der Waals surface area contributed by atoms with E-state index >= 15 is 0 Å². The third-order valence-electron chi connectivity index (χ3n) is 5.76. The first kappa shape index (κ1) is 21.7. The lowest BCUT2D eigenvalue weighted by atomic mass is 9.90. The molecule has 0 radical (unpaired) electrons. The Morgan fingerprint density at radius 3 is 2.00 bits per heavy atom. The smallest absolute Gasteiger partial charge is 0.268 e. The second-order valence-electron chi connectivity index (χ2n) is 7.94. The average Bonchev–Trinajstić information content (AvgIpc) is 3.54. The van der Waals surface area contributed by atoms with Crippen LogP contribution < -0.4 is 4.31 Å². The molecule has 1 aliphatic rings. The minimum absolute atomic E-state index is 0.132. The number of para-hydroxylation sites is 1. The number of rotatable bonds is 7. The number of nitrogens with zero attached hydrogens (tertiary/aromatic N) is 1. The minimum Gasteiger partial charge on any atom is -0.299 e. The van der Waals surface area contributed by atoms with Gasteiger partial charge in [0.25, 0.3) is 10.0 Å². The summed E-state index contributed by atoms with van der Waals surface area (Å²) in [4.78, 5) is 26.0. The van der Waals surface area contributed by atoms with Crippen LogP contribution in [0.4, 0.5) is 5.69 Å². The average molecular weight is 446 g/mol. The molecule has 1 unspecified atom stereocenters. The molecule has 0 amide bonds. The van der Waals surface area contributed by atoms with Crippen LogP contribution in [0.25, 0.3) is 0 Å². The third-order valence-corrected chi connectivity index (χ3v) is 7.47. The molecule has 0 N–H and O–H groups in total. The second kappa shape index (κ2) is 8.20. The molecule has 3 aromatic carbocycles. The van der Waals surface area contributed by atoms with Gasteiger partial charge in [-0.3, -0.25) is 9.59 Å². The Labute approximate surface area is 188 Å². The second-order valence-corrected chi connectivity index (χ2v) is 9.75. The van der Waals surface area contributed by atoms with Crippen LogP contribution in [0.5, 0.6) is 0 Å². The van der Waals surface area contributed by atoms with Crippen molar-refractivity contribution in [3.8, 4) is 0 Å². The van der Waals surface area contributed by atoms with Crippen LogP contribution in [0.15, 0.2) is 102 Å². The normalized spacial score (nSPS) is 18.9. The highest BCUT2D eigenvalue weighted by molar-refractivity contribution is 7.93. The predicted octanol–water partition coefficient (Wildman–Crippen LogP) is 4.94. The van der Waals surface area contributed by atoms with Crippen molar-refractivity contribution in [2.45, 2.75) is 25.2 Å². The number of anilines is 1. The lowest BCUT2D eigenvalue weighted by Crippen LogP contribution is -2.28. The Bertz CT molecular complexity index is 1300. The highest BCUT2D eigenvalue weighted by Gasteiger charge is 2.59. The van der Waals surface area contributed by atoms with Gasteiger partial charge >= 0.3 is 0 Å². The van der Waals surface area contributed by atoms with Gasteiger partial charge in [0.15, 0.2) is 5.78 Å². The number of hydrogen-bond acceptors (Lipinski definition) is 4. The van der Waals surface area contributed by atoms with Crippen LogP contribution in [0, 0.1) is 12.3 Å². The van der Waals surface area contributed by atoms with Gasteiger partial charge in [-0.05, 0) is 50.1 Å². The van der Waals surface area contributed by atoms with E-state index in [0.717, 1.165) is 9.87 Å². The van der Waals surface area contributed by atoms with Gasteiger partial charge in [-0.1, -0.05) is 66.2 Å². The molecular formula is C26H23NO4S. The van der Waals surface area contributed by atoms with Crippen LogP contribution in [0.2, 0.25) is 0 Å². The van der Waals surface area contributed by atoms with Gasteiger partial charge in [-0.2, -0.15) is 0 Å². The third kappa shape index (κ3) is 3.78. The number of ketones is 2. The Morgan fingerprint density at radius 2 is 1.44 bits per heavy atom. The van der Waals surface area contributed by atoms with Gasteiger partial charge in [0.1, 0.15) is 11.2 Å². The standard InChI is InChI=1S/C26H23NO4S/c1-19-13-15-24(16-14-19)32(30,31)27(23-11-7-4-8-12-23)18-22-17-26(22,20(2)28)25(29)21-9-5-3-6-10-21/h3-16,18H,17H2,1-2H3/b22-18+. The molecule has 1 fully saturated rings. The highest BCUT2D eigenvalue weighted by atomic mass is 32.2. The largest absolute Gasteiger partial charge is 0.299 e. The van der Waals surface area contributed by atoms with E-state index in [1.54, 1.807) is 84.9 Å². The van der Waals surface area contributed by atoms with Crippen LogP contribution in [0.3, 0.4) is 0 Å². The SMILES string of the molecule is CC(=O)C1(C(=O)c2ccccc2)C/C1=C\N(c1ccccc1)S(=O)(=O)c1ccc(C)cc1. The minimum atomic E-state index is -3.96. The molecule has 1 aliphatic carbocycles. The van der Waals surface area contributed by atoms with E-state index in [1.807, 2.05) is 6.92 Å². The summed E-state index contributed by atoms with van der Waals surface area (Å²) in [5.41, 5.74) is 0.964. The molecule has 0 aromatic heterocycles. The zero-order valence-electron chi connectivity index (χ0n) is 17.9. The molecule has 1 saturated carbocycles. The van der Waals surface area contributed by atoms with E-state index in [9.17, 15) is 18.0 Å². The molecule has 0 heterocycles. The summed E-state index contributed by atoms with van der Waals surface area (Å²) >= 11 is 0. The number of sulfonamides is 1. The van der Waals surface area contributed by atoms with Crippen LogP contribution >= 0.6 is 0 Å². The van der Waals surface area contributed by atoms with Gasteiger partial charge in [-0.25, -0.2) is 12.7 Å². The number of hydrogen-bond donors (Lipinski definition) is 0. The number of aryl methyl sites for hydroxylation is 1. The van der Waals surface area contributed by atoms with Gasteiger partial charge in [-0.15, -0.1) is 0 Å². The summed E-state index contributed by atoms with van der Waals surface area (Å²) in [7, 11) is -3.96. The summed E-state index contributed by atoms with van der Waals surface area (Å²) in [6, 6.07) is 23.8. The summed E-state index contributed by atoms with van der Waals surface area (Å²) in [5.74, 6) is -0.601. The Morgan fingerprint density at radius 1 is 0.875 bits per heavy atom. The van der Waals surface area contributed by atoms with Gasteiger partial charge < -0.3 is 0 Å². The molecule has 32 heavy (non-hydrogen) atoms. The van der Waals surface area contributed by atoms with Crippen molar-refractivity contribution in [1.29, 1.82) is 0 Å². The molecule has 1 atom stereocenters. The fraction of sp³-hybridized carbons (Fsp3) is 0.154. The number of allylic oxidation sites excluding steroid dienone is 1. The first-order chi connectivity index (χ1) is 15.3. The van der Waals surface area contributed by atoms with E-state index in [-0.39, 0.29) is 22.9 Å². The maximum atomic E-state index is 13.5. The Kier molecular flexibility index (Phi) is 5.57. The molecule has 0 aliphatic heterocycles. The number of Topliss-reactive ketones (excluding diaryl/α,β-unsaturated/α-hetero) is 2. The number of benzene rings is 3. The van der Waals surface area contributed by atoms with E-state index in [4.69, 9.17) is 0 Å². The molecule has 5 nitrogen and oxygen atoms in total. The molecule has 162 valence electrons. The number of carbonyl (C=O) groups is 2. The summed E-state index contributed by atoms with van der Waals surface area (Å²) in [5, 5.41) is 0. The van der Waals surface area contributed by atoms with Crippen molar-refractivity contribution in [3.63, 3.8) is 0 Å². The summed E-state index contributed by atoms with van der Waals surface area (Å²) in [6.07, 6.45) is 1.63. The quantitative estimate of drug-likeness (QED) is 0.382. The van der Waals surface area contributed by atoms with E-state index < -0.39 is 15.4 Å². The van der Waals surface area contributed by atoms with Crippen LogP contribution in [-0.2, 0) is 14.8 Å². The molecule has 0 spiro atoms. The van der Waals surface area contributed by atoms with E-state index in [0.29, 0.717) is 16.8 Å².